The Morgan fingerprint density at radius 3 is 2.70 bits per heavy atom. The molecule has 2 aromatic heterocycles. The summed E-state index contributed by atoms with van der Waals surface area (Å²) in [6, 6.07) is 8.59. The Balaban J connectivity index is 1.62. The van der Waals surface area contributed by atoms with Gasteiger partial charge in [0.25, 0.3) is 0 Å². The largest absolute Gasteiger partial charge is 0.365 e. The highest BCUT2D eigenvalue weighted by Gasteiger charge is 2.29. The highest BCUT2D eigenvalue weighted by atomic mass is 79.9. The molecule has 3 aromatic rings. The summed E-state index contributed by atoms with van der Waals surface area (Å²) < 4.78 is 3.03. The van der Waals surface area contributed by atoms with Crippen molar-refractivity contribution in [1.82, 2.24) is 14.5 Å². The van der Waals surface area contributed by atoms with E-state index >= 15 is 0 Å². The summed E-state index contributed by atoms with van der Waals surface area (Å²) in [5.41, 5.74) is 2.87. The lowest BCUT2D eigenvalue weighted by Gasteiger charge is -2.35. The molecule has 0 aliphatic carbocycles. The number of nitrogens with zero attached hydrogens (tertiary/aromatic N) is 5. The molecule has 0 unspecified atom stereocenters. The van der Waals surface area contributed by atoms with Gasteiger partial charge in [-0.05, 0) is 40.9 Å². The van der Waals surface area contributed by atoms with Crippen LogP contribution in [0, 0.1) is 10.1 Å². The third-order valence-corrected chi connectivity index (χ3v) is 5.76. The molecule has 1 aliphatic rings. The van der Waals surface area contributed by atoms with Crippen molar-refractivity contribution >= 4 is 38.3 Å². The Morgan fingerprint density at radius 2 is 2.00 bits per heavy atom. The van der Waals surface area contributed by atoms with E-state index in [-0.39, 0.29) is 10.6 Å². The minimum Gasteiger partial charge on any atom is -0.365 e. The van der Waals surface area contributed by atoms with Crippen molar-refractivity contribution in [2.24, 2.45) is 0 Å². The normalized spacial score (nSPS) is 15.4. The lowest BCUT2D eigenvalue weighted by molar-refractivity contribution is -0.384. The highest BCUT2D eigenvalue weighted by Crippen LogP contribution is 2.38. The molecule has 140 valence electrons. The number of hydrogen-bond donors (Lipinski definition) is 0. The maximum Gasteiger partial charge on any atom is 0.311 e. The SMILES string of the molecule is CCc1nc2ccccc2n1C1CCN(c2c(Br)cncc2[N+](=O)[O-])CC1. The molecule has 0 radical (unpaired) electrons. The quantitative estimate of drug-likeness (QED) is 0.450. The zero-order valence-electron chi connectivity index (χ0n) is 15.0. The smallest absolute Gasteiger partial charge is 0.311 e. The van der Waals surface area contributed by atoms with Gasteiger partial charge in [0, 0.05) is 31.7 Å². The molecule has 8 heteroatoms. The van der Waals surface area contributed by atoms with Crippen LogP contribution < -0.4 is 4.90 Å². The average Bonchev–Trinajstić information content (AvgIpc) is 3.06. The second-order valence-corrected chi connectivity index (χ2v) is 7.56. The fourth-order valence-electron chi connectivity index (χ4n) is 3.96. The fourth-order valence-corrected chi connectivity index (χ4v) is 4.54. The number of nitro groups is 1. The van der Waals surface area contributed by atoms with Crippen molar-refractivity contribution < 1.29 is 4.92 Å². The zero-order chi connectivity index (χ0) is 19.0. The second-order valence-electron chi connectivity index (χ2n) is 6.70. The minimum absolute atomic E-state index is 0.0464. The van der Waals surface area contributed by atoms with Crippen molar-refractivity contribution in [3.8, 4) is 0 Å². The van der Waals surface area contributed by atoms with E-state index in [0.717, 1.165) is 43.7 Å². The Bertz CT molecular complexity index is 995. The molecule has 0 saturated carbocycles. The lowest BCUT2D eigenvalue weighted by Crippen LogP contribution is -2.35. The van der Waals surface area contributed by atoms with Crippen LogP contribution in [-0.2, 0) is 6.42 Å². The van der Waals surface area contributed by atoms with Gasteiger partial charge in [0.15, 0.2) is 0 Å². The lowest BCUT2D eigenvalue weighted by atomic mass is 10.0. The first-order valence-corrected chi connectivity index (χ1v) is 9.88. The van der Waals surface area contributed by atoms with Crippen molar-refractivity contribution in [3.05, 3.63) is 57.1 Å². The van der Waals surface area contributed by atoms with Gasteiger partial charge < -0.3 is 9.47 Å². The summed E-state index contributed by atoms with van der Waals surface area (Å²) in [5, 5.41) is 11.4. The molecular weight excluding hydrogens is 410 g/mol. The number of anilines is 1. The van der Waals surface area contributed by atoms with Crippen LogP contribution in [0.1, 0.15) is 31.6 Å². The Kier molecular flexibility index (Phi) is 4.82. The van der Waals surface area contributed by atoms with E-state index in [1.165, 1.54) is 11.7 Å². The van der Waals surface area contributed by atoms with E-state index in [0.29, 0.717) is 16.2 Å². The van der Waals surface area contributed by atoms with Gasteiger partial charge in [-0.25, -0.2) is 4.98 Å². The Labute approximate surface area is 165 Å². The maximum absolute atomic E-state index is 11.4. The first kappa shape index (κ1) is 17.9. The van der Waals surface area contributed by atoms with Crippen molar-refractivity contribution in [3.63, 3.8) is 0 Å². The monoisotopic (exact) mass is 429 g/mol. The van der Waals surface area contributed by atoms with Crippen LogP contribution in [0.2, 0.25) is 0 Å². The van der Waals surface area contributed by atoms with Gasteiger partial charge in [0.2, 0.25) is 0 Å². The molecule has 1 aliphatic heterocycles. The van der Waals surface area contributed by atoms with Gasteiger partial charge in [-0.15, -0.1) is 0 Å². The molecule has 0 amide bonds. The van der Waals surface area contributed by atoms with E-state index in [9.17, 15) is 10.1 Å². The molecular formula is C19H20BrN5O2. The van der Waals surface area contributed by atoms with Crippen LogP contribution in [0.3, 0.4) is 0 Å². The van der Waals surface area contributed by atoms with E-state index in [2.05, 4.69) is 49.4 Å². The third-order valence-electron chi connectivity index (χ3n) is 5.18. The van der Waals surface area contributed by atoms with Crippen LogP contribution in [0.15, 0.2) is 41.1 Å². The molecule has 0 spiro atoms. The van der Waals surface area contributed by atoms with E-state index in [4.69, 9.17) is 4.98 Å². The predicted molar refractivity (Wildman–Crippen MR) is 108 cm³/mol. The predicted octanol–water partition coefficient (Wildman–Crippen LogP) is 4.51. The number of pyridine rings is 1. The van der Waals surface area contributed by atoms with Crippen LogP contribution in [0.25, 0.3) is 11.0 Å². The van der Waals surface area contributed by atoms with Crippen molar-refractivity contribution in [2.75, 3.05) is 18.0 Å². The Hall–Kier alpha value is -2.48. The topological polar surface area (TPSA) is 77.1 Å². The molecule has 0 bridgehead atoms. The molecule has 1 fully saturated rings. The number of halogens is 1. The van der Waals surface area contributed by atoms with Gasteiger partial charge in [-0.1, -0.05) is 19.1 Å². The third kappa shape index (κ3) is 3.18. The summed E-state index contributed by atoms with van der Waals surface area (Å²) in [4.78, 5) is 21.9. The van der Waals surface area contributed by atoms with Crippen molar-refractivity contribution in [1.29, 1.82) is 0 Å². The number of fused-ring (bicyclic) bond motifs is 1. The maximum atomic E-state index is 11.4. The van der Waals surface area contributed by atoms with Crippen LogP contribution in [0.4, 0.5) is 11.4 Å². The van der Waals surface area contributed by atoms with Crippen LogP contribution >= 0.6 is 15.9 Å². The summed E-state index contributed by atoms with van der Waals surface area (Å²) in [6.45, 7) is 3.64. The van der Waals surface area contributed by atoms with Crippen molar-refractivity contribution in [2.45, 2.75) is 32.2 Å². The number of aromatic nitrogens is 3. The summed E-state index contributed by atoms with van der Waals surface area (Å²) in [6.07, 6.45) is 5.66. The zero-order valence-corrected chi connectivity index (χ0v) is 16.6. The second kappa shape index (κ2) is 7.26. The average molecular weight is 430 g/mol. The molecule has 1 aromatic carbocycles. The van der Waals surface area contributed by atoms with Crippen LogP contribution in [0.5, 0.6) is 0 Å². The number of para-hydroxylation sites is 2. The minimum atomic E-state index is -0.363. The number of rotatable bonds is 4. The van der Waals surface area contributed by atoms with E-state index < -0.39 is 0 Å². The molecule has 7 nitrogen and oxygen atoms in total. The highest BCUT2D eigenvalue weighted by molar-refractivity contribution is 9.10. The van der Waals surface area contributed by atoms with Gasteiger partial charge in [-0.2, -0.15) is 0 Å². The Morgan fingerprint density at radius 1 is 1.26 bits per heavy atom. The van der Waals surface area contributed by atoms with Gasteiger partial charge in [0.1, 0.15) is 17.7 Å². The van der Waals surface area contributed by atoms with Gasteiger partial charge in [0.05, 0.1) is 20.4 Å². The summed E-state index contributed by atoms with van der Waals surface area (Å²) in [7, 11) is 0. The fraction of sp³-hybridized carbons (Fsp3) is 0.368. The van der Waals surface area contributed by atoms with Gasteiger partial charge in [-0.3, -0.25) is 15.1 Å². The van der Waals surface area contributed by atoms with E-state index in [1.54, 1.807) is 6.20 Å². The van der Waals surface area contributed by atoms with Crippen LogP contribution in [-0.4, -0.2) is 32.5 Å². The molecule has 1 saturated heterocycles. The number of benzene rings is 1. The summed E-state index contributed by atoms with van der Waals surface area (Å²) >= 11 is 3.44. The number of hydrogen-bond acceptors (Lipinski definition) is 5. The molecule has 0 atom stereocenters. The molecule has 0 N–H and O–H groups in total. The van der Waals surface area contributed by atoms with E-state index in [1.807, 2.05) is 12.1 Å². The standard InChI is InChI=1S/C19H20BrN5O2/c1-2-18-22-15-5-3-4-6-16(15)24(18)13-7-9-23(10-8-13)19-14(20)11-21-12-17(19)25(26)27/h3-6,11-13H,2,7-10H2,1H3. The number of piperidine rings is 1. The number of aryl methyl sites for hydroxylation is 1. The van der Waals surface area contributed by atoms with Gasteiger partial charge >= 0.3 is 5.69 Å². The molecule has 3 heterocycles. The molecule has 4 rings (SSSR count). The first-order valence-electron chi connectivity index (χ1n) is 9.08. The first-order chi connectivity index (χ1) is 13.1. The number of imidazole rings is 1. The summed E-state index contributed by atoms with van der Waals surface area (Å²) in [5.74, 6) is 1.10. The molecule has 27 heavy (non-hydrogen) atoms.